The van der Waals surface area contributed by atoms with Crippen LogP contribution in [0.1, 0.15) is 18.7 Å². The Morgan fingerprint density at radius 2 is 2.31 bits per heavy atom. The van der Waals surface area contributed by atoms with Crippen LogP contribution in [0.4, 0.5) is 0 Å². The third-order valence-corrected chi connectivity index (χ3v) is 2.96. The molecule has 1 heterocycles. The number of nitrogens with zero attached hydrogens (tertiary/aromatic N) is 1. The van der Waals surface area contributed by atoms with Crippen molar-refractivity contribution < 1.29 is 9.90 Å². The second-order valence-corrected chi connectivity index (χ2v) is 4.42. The first-order valence-corrected chi connectivity index (χ1v) is 5.81. The van der Waals surface area contributed by atoms with E-state index >= 15 is 0 Å². The summed E-state index contributed by atoms with van der Waals surface area (Å²) in [7, 11) is 0. The summed E-state index contributed by atoms with van der Waals surface area (Å²) in [6, 6.07) is 5.82. The number of halogens is 1. The summed E-state index contributed by atoms with van der Waals surface area (Å²) >= 11 is 3.42. The average molecular weight is 283 g/mol. The van der Waals surface area contributed by atoms with E-state index in [1.807, 2.05) is 18.2 Å². The van der Waals surface area contributed by atoms with Gasteiger partial charge in [0.25, 0.3) is 0 Å². The molecule has 0 aliphatic heterocycles. The number of aromatic nitrogens is 2. The summed E-state index contributed by atoms with van der Waals surface area (Å²) in [4.78, 5) is 18.0. The Labute approximate surface area is 101 Å². The number of carboxylic acids is 1. The number of aliphatic carboxylic acids is 1. The molecule has 0 amide bonds. The number of aromatic amines is 1. The van der Waals surface area contributed by atoms with Crippen LogP contribution in [0.3, 0.4) is 0 Å². The van der Waals surface area contributed by atoms with Crippen LogP contribution in [-0.4, -0.2) is 21.0 Å². The summed E-state index contributed by atoms with van der Waals surface area (Å²) in [5.41, 5.74) is 1.87. The number of aryl methyl sites for hydroxylation is 1. The Kier molecular flexibility index (Phi) is 3.24. The van der Waals surface area contributed by atoms with Crippen molar-refractivity contribution in [2.75, 3.05) is 0 Å². The normalized spacial score (nSPS) is 10.8. The van der Waals surface area contributed by atoms with Crippen LogP contribution < -0.4 is 0 Å². The van der Waals surface area contributed by atoms with Gasteiger partial charge in [-0.1, -0.05) is 6.07 Å². The smallest absolute Gasteiger partial charge is 0.303 e. The van der Waals surface area contributed by atoms with Crippen molar-refractivity contribution in [2.24, 2.45) is 0 Å². The second-order valence-electron chi connectivity index (χ2n) is 3.57. The molecule has 2 aromatic rings. The van der Waals surface area contributed by atoms with Gasteiger partial charge in [-0.05, 0) is 34.5 Å². The lowest BCUT2D eigenvalue weighted by molar-refractivity contribution is -0.137. The molecule has 0 unspecified atom stereocenters. The molecule has 0 bridgehead atoms. The maximum absolute atomic E-state index is 10.4. The molecule has 0 radical (unpaired) electrons. The molecular formula is C11H11BrN2O2. The number of carboxylic acid groups (broad SMARTS) is 1. The Balaban J connectivity index is 2.14. The fourth-order valence-electron chi connectivity index (χ4n) is 1.57. The summed E-state index contributed by atoms with van der Waals surface area (Å²) in [6.07, 6.45) is 1.44. The quantitative estimate of drug-likeness (QED) is 0.906. The standard InChI is InChI=1S/C11H11BrN2O2/c12-7-3-1-4-8-11(7)14-9(13-8)5-2-6-10(15)16/h1,3-4H,2,5-6H2,(H,13,14)(H,15,16). The van der Waals surface area contributed by atoms with Gasteiger partial charge in [-0.25, -0.2) is 4.98 Å². The van der Waals surface area contributed by atoms with Crippen LogP contribution in [-0.2, 0) is 11.2 Å². The van der Waals surface area contributed by atoms with E-state index in [0.29, 0.717) is 12.8 Å². The fourth-order valence-corrected chi connectivity index (χ4v) is 2.03. The summed E-state index contributed by atoms with van der Waals surface area (Å²) in [5.74, 6) is 0.0699. The number of nitrogens with one attached hydrogen (secondary N) is 1. The number of hydrogen-bond acceptors (Lipinski definition) is 2. The molecule has 1 aromatic carbocycles. The van der Waals surface area contributed by atoms with Crippen molar-refractivity contribution in [3.8, 4) is 0 Å². The van der Waals surface area contributed by atoms with Gasteiger partial charge in [0.15, 0.2) is 0 Å². The number of rotatable bonds is 4. The van der Waals surface area contributed by atoms with E-state index in [0.717, 1.165) is 21.3 Å². The maximum Gasteiger partial charge on any atom is 0.303 e. The second kappa shape index (κ2) is 4.65. The minimum atomic E-state index is -0.766. The lowest BCUT2D eigenvalue weighted by Gasteiger charge is -1.92. The molecule has 0 aliphatic carbocycles. The van der Waals surface area contributed by atoms with Gasteiger partial charge in [0, 0.05) is 17.3 Å². The van der Waals surface area contributed by atoms with E-state index in [2.05, 4.69) is 25.9 Å². The number of H-pyrrole nitrogens is 1. The molecule has 1 aromatic heterocycles. The molecule has 0 fully saturated rings. The molecule has 2 rings (SSSR count). The molecule has 0 saturated carbocycles. The van der Waals surface area contributed by atoms with Crippen LogP contribution in [0, 0.1) is 0 Å². The molecule has 16 heavy (non-hydrogen) atoms. The summed E-state index contributed by atoms with van der Waals surface area (Å²) in [6.45, 7) is 0. The molecule has 2 N–H and O–H groups in total. The van der Waals surface area contributed by atoms with Crippen molar-refractivity contribution in [1.29, 1.82) is 0 Å². The zero-order valence-electron chi connectivity index (χ0n) is 8.53. The summed E-state index contributed by atoms with van der Waals surface area (Å²) in [5, 5.41) is 8.54. The van der Waals surface area contributed by atoms with Crippen molar-refractivity contribution in [2.45, 2.75) is 19.3 Å². The van der Waals surface area contributed by atoms with Gasteiger partial charge in [0.1, 0.15) is 11.3 Å². The first-order chi connectivity index (χ1) is 7.66. The summed E-state index contributed by atoms with van der Waals surface area (Å²) < 4.78 is 0.950. The number of hydrogen-bond donors (Lipinski definition) is 2. The predicted octanol–water partition coefficient (Wildman–Crippen LogP) is 2.73. The largest absolute Gasteiger partial charge is 0.481 e. The lowest BCUT2D eigenvalue weighted by Crippen LogP contribution is -1.96. The molecule has 5 heteroatoms. The van der Waals surface area contributed by atoms with Gasteiger partial charge in [-0.2, -0.15) is 0 Å². The van der Waals surface area contributed by atoms with Crippen molar-refractivity contribution in [1.82, 2.24) is 9.97 Å². The van der Waals surface area contributed by atoms with E-state index in [4.69, 9.17) is 5.11 Å². The van der Waals surface area contributed by atoms with E-state index in [9.17, 15) is 4.79 Å². The lowest BCUT2D eigenvalue weighted by atomic mass is 10.2. The van der Waals surface area contributed by atoms with Crippen LogP contribution in [0.25, 0.3) is 11.0 Å². The zero-order chi connectivity index (χ0) is 11.5. The number of benzene rings is 1. The van der Waals surface area contributed by atoms with Gasteiger partial charge < -0.3 is 10.1 Å². The molecular weight excluding hydrogens is 272 g/mol. The van der Waals surface area contributed by atoms with Gasteiger partial charge >= 0.3 is 5.97 Å². The van der Waals surface area contributed by atoms with Crippen LogP contribution in [0.2, 0.25) is 0 Å². The first kappa shape index (κ1) is 11.1. The van der Waals surface area contributed by atoms with E-state index < -0.39 is 5.97 Å². The van der Waals surface area contributed by atoms with E-state index in [-0.39, 0.29) is 6.42 Å². The monoisotopic (exact) mass is 282 g/mol. The highest BCUT2D eigenvalue weighted by molar-refractivity contribution is 9.10. The molecule has 84 valence electrons. The van der Waals surface area contributed by atoms with Gasteiger partial charge in [0.05, 0.1) is 5.52 Å². The number of fused-ring (bicyclic) bond motifs is 1. The average Bonchev–Trinajstić information content (AvgIpc) is 2.61. The molecule has 4 nitrogen and oxygen atoms in total. The van der Waals surface area contributed by atoms with Crippen molar-refractivity contribution in [3.63, 3.8) is 0 Å². The maximum atomic E-state index is 10.4. The first-order valence-electron chi connectivity index (χ1n) is 5.02. The van der Waals surface area contributed by atoms with Crippen molar-refractivity contribution in [3.05, 3.63) is 28.5 Å². The van der Waals surface area contributed by atoms with E-state index in [1.165, 1.54) is 0 Å². The molecule has 0 atom stereocenters. The molecule has 0 aliphatic rings. The Bertz CT molecular complexity index is 522. The number of carbonyl (C=O) groups is 1. The van der Waals surface area contributed by atoms with Crippen LogP contribution in [0.5, 0.6) is 0 Å². The zero-order valence-corrected chi connectivity index (χ0v) is 10.1. The van der Waals surface area contributed by atoms with Crippen LogP contribution >= 0.6 is 15.9 Å². The number of para-hydroxylation sites is 1. The van der Waals surface area contributed by atoms with Gasteiger partial charge in [-0.15, -0.1) is 0 Å². The van der Waals surface area contributed by atoms with Crippen molar-refractivity contribution >= 4 is 32.9 Å². The highest BCUT2D eigenvalue weighted by Crippen LogP contribution is 2.21. The van der Waals surface area contributed by atoms with Gasteiger partial charge in [0.2, 0.25) is 0 Å². The minimum absolute atomic E-state index is 0.179. The Morgan fingerprint density at radius 3 is 3.00 bits per heavy atom. The predicted molar refractivity (Wildman–Crippen MR) is 64.4 cm³/mol. The van der Waals surface area contributed by atoms with E-state index in [1.54, 1.807) is 0 Å². The highest BCUT2D eigenvalue weighted by Gasteiger charge is 2.06. The fraction of sp³-hybridized carbons (Fsp3) is 0.273. The Hall–Kier alpha value is -1.36. The minimum Gasteiger partial charge on any atom is -0.481 e. The third kappa shape index (κ3) is 2.41. The highest BCUT2D eigenvalue weighted by atomic mass is 79.9. The Morgan fingerprint density at radius 1 is 1.50 bits per heavy atom. The van der Waals surface area contributed by atoms with Gasteiger partial charge in [-0.3, -0.25) is 4.79 Å². The molecule has 0 saturated heterocycles. The number of imidazole rings is 1. The molecule has 0 spiro atoms. The SMILES string of the molecule is O=C(O)CCCc1nc2c(Br)cccc2[nH]1. The topological polar surface area (TPSA) is 66.0 Å². The third-order valence-electron chi connectivity index (χ3n) is 2.32. The van der Waals surface area contributed by atoms with Crippen LogP contribution in [0.15, 0.2) is 22.7 Å².